The molecule has 29 heavy (non-hydrogen) atoms. The van der Waals surface area contributed by atoms with Crippen molar-refractivity contribution in [3.63, 3.8) is 0 Å². The number of amides is 1. The number of hydrogen-bond donors (Lipinski definition) is 1. The van der Waals surface area contributed by atoms with Gasteiger partial charge in [0, 0.05) is 30.0 Å². The van der Waals surface area contributed by atoms with Gasteiger partial charge in [-0.05, 0) is 66.6 Å². The number of hydrogen-bond acceptors (Lipinski definition) is 2. The number of fused-ring (bicyclic) bond motifs is 1. The van der Waals surface area contributed by atoms with Crippen LogP contribution in [-0.4, -0.2) is 12.5 Å². The lowest BCUT2D eigenvalue weighted by molar-refractivity contribution is 0.102. The number of carbonyl (C=O) groups is 1. The lowest BCUT2D eigenvalue weighted by Crippen LogP contribution is -2.28. The highest BCUT2D eigenvalue weighted by Crippen LogP contribution is 2.28. The van der Waals surface area contributed by atoms with Gasteiger partial charge in [0.25, 0.3) is 5.91 Å². The van der Waals surface area contributed by atoms with E-state index >= 15 is 0 Å². The maximum Gasteiger partial charge on any atom is 0.255 e. The number of anilines is 2. The molecule has 0 atom stereocenters. The van der Waals surface area contributed by atoms with Gasteiger partial charge in [0.2, 0.25) is 0 Å². The number of nitrogens with zero attached hydrogens (tertiary/aromatic N) is 1. The molecule has 4 rings (SSSR count). The van der Waals surface area contributed by atoms with Crippen LogP contribution in [0.2, 0.25) is 0 Å². The SMILES string of the molecule is CCc1cccc(C)c1NC(=O)c1ccc(CN2CCCc3ccccc32)cc1. The van der Waals surface area contributed by atoms with Crippen molar-refractivity contribution in [2.45, 2.75) is 39.7 Å². The van der Waals surface area contributed by atoms with E-state index in [9.17, 15) is 4.79 Å². The first-order chi connectivity index (χ1) is 14.2. The van der Waals surface area contributed by atoms with Crippen LogP contribution in [0.5, 0.6) is 0 Å². The first-order valence-electron chi connectivity index (χ1n) is 10.5. The van der Waals surface area contributed by atoms with Gasteiger partial charge in [-0.15, -0.1) is 0 Å². The molecule has 3 aromatic rings. The van der Waals surface area contributed by atoms with E-state index in [0.29, 0.717) is 5.56 Å². The minimum absolute atomic E-state index is 0.0520. The number of carbonyl (C=O) groups excluding carboxylic acids is 1. The van der Waals surface area contributed by atoms with Crippen LogP contribution in [0.15, 0.2) is 66.7 Å². The van der Waals surface area contributed by atoms with Crippen LogP contribution in [0.4, 0.5) is 11.4 Å². The summed E-state index contributed by atoms with van der Waals surface area (Å²) >= 11 is 0. The number of rotatable bonds is 5. The molecule has 0 aromatic heterocycles. The van der Waals surface area contributed by atoms with Crippen molar-refractivity contribution < 1.29 is 4.79 Å². The average molecular weight is 385 g/mol. The Morgan fingerprint density at radius 2 is 1.79 bits per heavy atom. The van der Waals surface area contributed by atoms with Gasteiger partial charge >= 0.3 is 0 Å². The summed E-state index contributed by atoms with van der Waals surface area (Å²) in [7, 11) is 0. The second kappa shape index (κ2) is 8.52. The molecule has 0 radical (unpaired) electrons. The number of nitrogens with one attached hydrogen (secondary N) is 1. The average Bonchev–Trinajstić information content (AvgIpc) is 2.76. The predicted molar refractivity (Wildman–Crippen MR) is 121 cm³/mol. The highest BCUT2D eigenvalue weighted by atomic mass is 16.1. The standard InChI is InChI=1S/C26H28N2O/c1-3-21-10-6-8-19(2)25(21)27-26(29)23-15-13-20(14-16-23)18-28-17-7-11-22-9-4-5-12-24(22)28/h4-6,8-10,12-16H,3,7,11,17-18H2,1-2H3,(H,27,29). The van der Waals surface area contributed by atoms with Gasteiger partial charge in [0.1, 0.15) is 0 Å². The third-order valence-electron chi connectivity index (χ3n) is 5.77. The second-order valence-corrected chi connectivity index (χ2v) is 7.77. The lowest BCUT2D eigenvalue weighted by atomic mass is 10.0. The number of benzene rings is 3. The summed E-state index contributed by atoms with van der Waals surface area (Å²) in [5.74, 6) is -0.0520. The molecule has 1 N–H and O–H groups in total. The van der Waals surface area contributed by atoms with E-state index < -0.39 is 0 Å². The zero-order valence-corrected chi connectivity index (χ0v) is 17.2. The van der Waals surface area contributed by atoms with Crippen LogP contribution < -0.4 is 10.2 Å². The summed E-state index contributed by atoms with van der Waals surface area (Å²) in [6, 6.07) is 22.8. The van der Waals surface area contributed by atoms with Crippen LogP contribution in [0.3, 0.4) is 0 Å². The summed E-state index contributed by atoms with van der Waals surface area (Å²) < 4.78 is 0. The molecule has 1 heterocycles. The van der Waals surface area contributed by atoms with E-state index in [4.69, 9.17) is 0 Å². The van der Waals surface area contributed by atoms with Crippen molar-refractivity contribution in [3.8, 4) is 0 Å². The molecule has 0 saturated carbocycles. The van der Waals surface area contributed by atoms with E-state index in [1.807, 2.05) is 31.2 Å². The van der Waals surface area contributed by atoms with Crippen molar-refractivity contribution in [1.82, 2.24) is 0 Å². The summed E-state index contributed by atoms with van der Waals surface area (Å²) in [6.45, 7) is 6.09. The van der Waals surface area contributed by atoms with Gasteiger partial charge in [0.05, 0.1) is 0 Å². The summed E-state index contributed by atoms with van der Waals surface area (Å²) in [6.07, 6.45) is 3.24. The first-order valence-corrected chi connectivity index (χ1v) is 10.5. The second-order valence-electron chi connectivity index (χ2n) is 7.77. The maximum absolute atomic E-state index is 12.8. The molecule has 3 heteroatoms. The highest BCUT2D eigenvalue weighted by Gasteiger charge is 2.16. The molecule has 3 nitrogen and oxygen atoms in total. The molecule has 0 spiro atoms. The molecule has 0 saturated heterocycles. The molecular formula is C26H28N2O. The van der Waals surface area contributed by atoms with Gasteiger partial charge in [-0.25, -0.2) is 0 Å². The molecule has 0 unspecified atom stereocenters. The Morgan fingerprint density at radius 3 is 2.59 bits per heavy atom. The monoisotopic (exact) mass is 384 g/mol. The molecule has 1 amide bonds. The first kappa shape index (κ1) is 19.3. The summed E-state index contributed by atoms with van der Waals surface area (Å²) in [5.41, 5.74) is 7.89. The fraction of sp³-hybridized carbons (Fsp3) is 0.269. The maximum atomic E-state index is 12.8. The third-order valence-corrected chi connectivity index (χ3v) is 5.77. The Bertz CT molecular complexity index is 1010. The lowest BCUT2D eigenvalue weighted by Gasteiger charge is -2.31. The van der Waals surface area contributed by atoms with Crippen molar-refractivity contribution >= 4 is 17.3 Å². The van der Waals surface area contributed by atoms with E-state index in [1.165, 1.54) is 28.8 Å². The molecule has 148 valence electrons. The minimum Gasteiger partial charge on any atom is -0.367 e. The Morgan fingerprint density at radius 1 is 1.00 bits per heavy atom. The van der Waals surface area contributed by atoms with E-state index in [0.717, 1.165) is 37.2 Å². The molecule has 0 bridgehead atoms. The van der Waals surface area contributed by atoms with Gasteiger partial charge in [-0.3, -0.25) is 4.79 Å². The van der Waals surface area contributed by atoms with Gasteiger partial charge in [-0.2, -0.15) is 0 Å². The molecular weight excluding hydrogens is 356 g/mol. The van der Waals surface area contributed by atoms with Gasteiger partial charge < -0.3 is 10.2 Å². The quantitative estimate of drug-likeness (QED) is 0.606. The normalized spacial score (nSPS) is 13.1. The van der Waals surface area contributed by atoms with Crippen molar-refractivity contribution in [2.75, 3.05) is 16.8 Å². The predicted octanol–water partition coefficient (Wildman–Crippen LogP) is 5.76. The topological polar surface area (TPSA) is 32.3 Å². The Balaban J connectivity index is 1.47. The van der Waals surface area contributed by atoms with Crippen LogP contribution in [0.1, 0.15) is 46.0 Å². The van der Waals surface area contributed by atoms with Crippen molar-refractivity contribution in [3.05, 3.63) is 94.5 Å². The summed E-state index contributed by atoms with van der Waals surface area (Å²) in [4.78, 5) is 15.2. The van der Waals surface area contributed by atoms with Crippen LogP contribution in [-0.2, 0) is 19.4 Å². The fourth-order valence-corrected chi connectivity index (χ4v) is 4.15. The Hall–Kier alpha value is -3.07. The van der Waals surface area contributed by atoms with Gasteiger partial charge in [-0.1, -0.05) is 55.5 Å². The summed E-state index contributed by atoms with van der Waals surface area (Å²) in [5, 5.41) is 3.11. The molecule has 1 aliphatic rings. The van der Waals surface area contributed by atoms with Gasteiger partial charge in [0.15, 0.2) is 0 Å². The third kappa shape index (κ3) is 4.19. The molecule has 3 aromatic carbocycles. The van der Waals surface area contributed by atoms with Crippen LogP contribution in [0.25, 0.3) is 0 Å². The number of para-hydroxylation sites is 2. The van der Waals surface area contributed by atoms with E-state index in [1.54, 1.807) is 0 Å². The molecule has 0 aliphatic carbocycles. The largest absolute Gasteiger partial charge is 0.367 e. The Kier molecular flexibility index (Phi) is 5.66. The highest BCUT2D eigenvalue weighted by molar-refractivity contribution is 6.05. The van der Waals surface area contributed by atoms with E-state index in [2.05, 4.69) is 59.6 Å². The minimum atomic E-state index is -0.0520. The van der Waals surface area contributed by atoms with Crippen molar-refractivity contribution in [2.24, 2.45) is 0 Å². The van der Waals surface area contributed by atoms with Crippen molar-refractivity contribution in [1.29, 1.82) is 0 Å². The fourth-order valence-electron chi connectivity index (χ4n) is 4.15. The van der Waals surface area contributed by atoms with Crippen LogP contribution >= 0.6 is 0 Å². The molecule has 0 fully saturated rings. The number of aryl methyl sites for hydroxylation is 3. The Labute approximate surface area is 173 Å². The molecule has 1 aliphatic heterocycles. The van der Waals surface area contributed by atoms with E-state index in [-0.39, 0.29) is 5.91 Å². The smallest absolute Gasteiger partial charge is 0.255 e. The van der Waals surface area contributed by atoms with Crippen LogP contribution in [0, 0.1) is 6.92 Å². The zero-order valence-electron chi connectivity index (χ0n) is 17.2. The zero-order chi connectivity index (χ0) is 20.2.